The lowest BCUT2D eigenvalue weighted by Gasteiger charge is -2.08. The van der Waals surface area contributed by atoms with Crippen molar-refractivity contribution in [3.8, 4) is 17.1 Å². The van der Waals surface area contributed by atoms with Crippen LogP contribution in [0.4, 0.5) is 5.69 Å². The third-order valence-electron chi connectivity index (χ3n) is 3.65. The van der Waals surface area contributed by atoms with Crippen molar-refractivity contribution in [2.45, 2.75) is 11.7 Å². The first-order valence-corrected chi connectivity index (χ1v) is 9.21. The Morgan fingerprint density at radius 1 is 1.30 bits per heavy atom. The number of benzene rings is 1. The Hall–Kier alpha value is -3.13. The highest BCUT2D eigenvalue weighted by Crippen LogP contribution is 2.24. The lowest BCUT2D eigenvalue weighted by atomic mass is 10.3. The van der Waals surface area contributed by atoms with Crippen molar-refractivity contribution < 1.29 is 9.53 Å². The number of hydrogen-bond acceptors (Lipinski definition) is 6. The Kier molecular flexibility index (Phi) is 6.22. The standard InChI is InChI=1S/C19H19N5O2S/c1-3-11-24-18(14-5-4-10-20-12-14)22-23-19(24)27-13-17(25)21-15-6-8-16(26-2)9-7-15/h3-10,12H,1,11,13H2,2H3,(H,21,25). The second kappa shape index (κ2) is 9.00. The summed E-state index contributed by atoms with van der Waals surface area (Å²) < 4.78 is 7.02. The highest BCUT2D eigenvalue weighted by Gasteiger charge is 2.15. The van der Waals surface area contributed by atoms with E-state index < -0.39 is 0 Å². The summed E-state index contributed by atoms with van der Waals surface area (Å²) in [6, 6.07) is 10.9. The monoisotopic (exact) mass is 381 g/mol. The molecule has 0 radical (unpaired) electrons. The maximum absolute atomic E-state index is 12.2. The van der Waals surface area contributed by atoms with E-state index in [1.807, 2.05) is 16.7 Å². The zero-order valence-electron chi connectivity index (χ0n) is 14.8. The minimum atomic E-state index is -0.124. The first-order valence-electron chi connectivity index (χ1n) is 8.22. The molecule has 1 aromatic carbocycles. The molecule has 0 spiro atoms. The van der Waals surface area contributed by atoms with Gasteiger partial charge in [-0.2, -0.15) is 0 Å². The lowest BCUT2D eigenvalue weighted by molar-refractivity contribution is -0.113. The molecule has 138 valence electrons. The van der Waals surface area contributed by atoms with E-state index in [0.29, 0.717) is 23.2 Å². The van der Waals surface area contributed by atoms with Crippen molar-refractivity contribution in [1.82, 2.24) is 19.7 Å². The van der Waals surface area contributed by atoms with Gasteiger partial charge in [-0.05, 0) is 36.4 Å². The maximum Gasteiger partial charge on any atom is 0.234 e. The molecule has 2 heterocycles. The molecule has 0 bridgehead atoms. The number of allylic oxidation sites excluding steroid dienone is 1. The predicted octanol–water partition coefficient (Wildman–Crippen LogP) is 3.27. The predicted molar refractivity (Wildman–Crippen MR) is 106 cm³/mol. The van der Waals surface area contributed by atoms with Gasteiger partial charge < -0.3 is 10.1 Å². The van der Waals surface area contributed by atoms with Gasteiger partial charge in [-0.15, -0.1) is 16.8 Å². The van der Waals surface area contributed by atoms with Crippen molar-refractivity contribution in [2.75, 3.05) is 18.2 Å². The van der Waals surface area contributed by atoms with Gasteiger partial charge in [0.05, 0.1) is 12.9 Å². The van der Waals surface area contributed by atoms with Crippen LogP contribution in [0.15, 0.2) is 66.6 Å². The summed E-state index contributed by atoms with van der Waals surface area (Å²) in [5.41, 5.74) is 1.58. The van der Waals surface area contributed by atoms with Gasteiger partial charge in [0.1, 0.15) is 5.75 Å². The number of hydrogen-bond donors (Lipinski definition) is 1. The summed E-state index contributed by atoms with van der Waals surface area (Å²) in [5.74, 6) is 1.53. The summed E-state index contributed by atoms with van der Waals surface area (Å²) >= 11 is 1.32. The van der Waals surface area contributed by atoms with E-state index in [4.69, 9.17) is 4.74 Å². The minimum Gasteiger partial charge on any atom is -0.497 e. The topological polar surface area (TPSA) is 81.9 Å². The Balaban J connectivity index is 1.67. The van der Waals surface area contributed by atoms with Gasteiger partial charge >= 0.3 is 0 Å². The van der Waals surface area contributed by atoms with Crippen molar-refractivity contribution in [1.29, 1.82) is 0 Å². The Labute approximate surface area is 161 Å². The van der Waals surface area contributed by atoms with Crippen LogP contribution in [-0.4, -0.2) is 38.5 Å². The zero-order valence-corrected chi connectivity index (χ0v) is 15.6. The SMILES string of the molecule is C=CCn1c(SCC(=O)Nc2ccc(OC)cc2)nnc1-c1cccnc1. The third kappa shape index (κ3) is 4.73. The van der Waals surface area contributed by atoms with Crippen LogP contribution in [0.3, 0.4) is 0 Å². The lowest BCUT2D eigenvalue weighted by Crippen LogP contribution is -2.14. The summed E-state index contributed by atoms with van der Waals surface area (Å²) in [6.07, 6.45) is 5.20. The molecule has 2 aromatic heterocycles. The van der Waals surface area contributed by atoms with Gasteiger partial charge in [-0.3, -0.25) is 14.3 Å². The van der Waals surface area contributed by atoms with Crippen LogP contribution >= 0.6 is 11.8 Å². The number of amides is 1. The van der Waals surface area contributed by atoms with E-state index >= 15 is 0 Å². The van der Waals surface area contributed by atoms with E-state index in [9.17, 15) is 4.79 Å². The van der Waals surface area contributed by atoms with Crippen LogP contribution in [0.1, 0.15) is 0 Å². The summed E-state index contributed by atoms with van der Waals surface area (Å²) in [7, 11) is 1.60. The van der Waals surface area contributed by atoms with Crippen LogP contribution in [-0.2, 0) is 11.3 Å². The average Bonchev–Trinajstić information content (AvgIpc) is 3.10. The fourth-order valence-electron chi connectivity index (χ4n) is 2.40. The molecule has 8 heteroatoms. The molecule has 0 saturated carbocycles. The first kappa shape index (κ1) is 18.7. The number of nitrogens with zero attached hydrogens (tertiary/aromatic N) is 4. The van der Waals surface area contributed by atoms with Crippen LogP contribution in [0.2, 0.25) is 0 Å². The van der Waals surface area contributed by atoms with Crippen LogP contribution in [0.5, 0.6) is 5.75 Å². The van der Waals surface area contributed by atoms with E-state index in [1.165, 1.54) is 11.8 Å². The maximum atomic E-state index is 12.2. The molecule has 7 nitrogen and oxygen atoms in total. The van der Waals surface area contributed by atoms with Gasteiger partial charge in [-0.25, -0.2) is 0 Å². The molecule has 0 aliphatic heterocycles. The van der Waals surface area contributed by atoms with E-state index in [0.717, 1.165) is 11.3 Å². The zero-order chi connectivity index (χ0) is 19.1. The first-order chi connectivity index (χ1) is 13.2. The van der Waals surface area contributed by atoms with Gasteiger partial charge in [0, 0.05) is 30.2 Å². The van der Waals surface area contributed by atoms with E-state index in [2.05, 4.69) is 27.1 Å². The van der Waals surface area contributed by atoms with E-state index in [-0.39, 0.29) is 11.7 Å². The Morgan fingerprint density at radius 3 is 2.78 bits per heavy atom. The molecule has 0 unspecified atom stereocenters. The molecule has 0 saturated heterocycles. The molecule has 3 rings (SSSR count). The molecule has 0 fully saturated rings. The number of carbonyl (C=O) groups is 1. The Morgan fingerprint density at radius 2 is 2.11 bits per heavy atom. The molecule has 0 atom stereocenters. The van der Waals surface area contributed by atoms with Crippen molar-refractivity contribution in [3.05, 3.63) is 61.4 Å². The number of pyridine rings is 1. The summed E-state index contributed by atoms with van der Waals surface area (Å²) in [6.45, 7) is 4.33. The Bertz CT molecular complexity index is 910. The smallest absolute Gasteiger partial charge is 0.234 e. The molecule has 1 amide bonds. The minimum absolute atomic E-state index is 0.124. The van der Waals surface area contributed by atoms with Gasteiger partial charge in [-0.1, -0.05) is 17.8 Å². The molecule has 0 aliphatic carbocycles. The molecule has 27 heavy (non-hydrogen) atoms. The number of thioether (sulfide) groups is 1. The quantitative estimate of drug-likeness (QED) is 0.476. The second-order valence-electron chi connectivity index (χ2n) is 5.51. The number of aromatic nitrogens is 4. The molecule has 0 aliphatic rings. The van der Waals surface area contributed by atoms with Crippen molar-refractivity contribution in [2.24, 2.45) is 0 Å². The fourth-order valence-corrected chi connectivity index (χ4v) is 3.15. The molecule has 3 aromatic rings. The van der Waals surface area contributed by atoms with Gasteiger partial charge in [0.15, 0.2) is 11.0 Å². The summed E-state index contributed by atoms with van der Waals surface area (Å²) in [4.78, 5) is 16.4. The van der Waals surface area contributed by atoms with Crippen molar-refractivity contribution in [3.63, 3.8) is 0 Å². The molecule has 1 N–H and O–H groups in total. The number of methoxy groups -OCH3 is 1. The fraction of sp³-hybridized carbons (Fsp3) is 0.158. The van der Waals surface area contributed by atoms with Crippen LogP contribution in [0, 0.1) is 0 Å². The highest BCUT2D eigenvalue weighted by atomic mass is 32.2. The molecular formula is C19H19N5O2S. The summed E-state index contributed by atoms with van der Waals surface area (Å²) in [5, 5.41) is 12.0. The van der Waals surface area contributed by atoms with Gasteiger partial charge in [0.2, 0.25) is 5.91 Å². The number of anilines is 1. The van der Waals surface area contributed by atoms with E-state index in [1.54, 1.807) is 49.8 Å². The number of rotatable bonds is 8. The van der Waals surface area contributed by atoms with Crippen LogP contribution in [0.25, 0.3) is 11.4 Å². The largest absolute Gasteiger partial charge is 0.497 e. The average molecular weight is 381 g/mol. The normalized spacial score (nSPS) is 10.4. The number of ether oxygens (including phenoxy) is 1. The number of nitrogens with one attached hydrogen (secondary N) is 1. The second-order valence-corrected chi connectivity index (χ2v) is 6.46. The van der Waals surface area contributed by atoms with Crippen molar-refractivity contribution >= 4 is 23.4 Å². The van der Waals surface area contributed by atoms with Gasteiger partial charge in [0.25, 0.3) is 0 Å². The third-order valence-corrected chi connectivity index (χ3v) is 4.62. The molecular weight excluding hydrogens is 362 g/mol. The highest BCUT2D eigenvalue weighted by molar-refractivity contribution is 7.99. The van der Waals surface area contributed by atoms with Crippen LogP contribution < -0.4 is 10.1 Å². The number of carbonyl (C=O) groups excluding carboxylic acids is 1.